The molecule has 1 amide bonds. The van der Waals surface area contributed by atoms with Gasteiger partial charge in [0.05, 0.1) is 6.04 Å². The van der Waals surface area contributed by atoms with Crippen molar-refractivity contribution in [3.05, 3.63) is 58.0 Å². The lowest BCUT2D eigenvalue weighted by atomic mass is 10.2. The van der Waals surface area contributed by atoms with Crippen LogP contribution in [0, 0.1) is 0 Å². The topological polar surface area (TPSA) is 35.6 Å². The first-order valence-corrected chi connectivity index (χ1v) is 9.51. The molecule has 1 atom stereocenters. The van der Waals surface area contributed by atoms with Crippen LogP contribution in [0.5, 0.6) is 0 Å². The molecule has 1 N–H and O–H groups in total. The Bertz CT molecular complexity index is 747. The van der Waals surface area contributed by atoms with Crippen LogP contribution >= 0.6 is 27.5 Å². The molecule has 1 aliphatic rings. The molecule has 1 aliphatic heterocycles. The van der Waals surface area contributed by atoms with Crippen molar-refractivity contribution in [1.82, 2.24) is 4.90 Å². The van der Waals surface area contributed by atoms with E-state index in [0.717, 1.165) is 47.0 Å². The van der Waals surface area contributed by atoms with Crippen LogP contribution in [0.3, 0.4) is 0 Å². The Hall–Kier alpha value is -1.56. The SMILES string of the molecule is CC(C(=O)Nc1cccc(Br)c1)N1CCN(c2cccc(Cl)c2)CC1. The Kier molecular flexibility index (Phi) is 5.99. The van der Waals surface area contributed by atoms with Crippen LogP contribution in [0.4, 0.5) is 11.4 Å². The summed E-state index contributed by atoms with van der Waals surface area (Å²) in [6, 6.07) is 15.4. The second kappa shape index (κ2) is 8.21. The van der Waals surface area contributed by atoms with Gasteiger partial charge in [0.2, 0.25) is 5.91 Å². The predicted octanol–water partition coefficient (Wildman–Crippen LogP) is 4.25. The Morgan fingerprint density at radius 2 is 1.84 bits per heavy atom. The van der Waals surface area contributed by atoms with Gasteiger partial charge in [-0.25, -0.2) is 0 Å². The summed E-state index contributed by atoms with van der Waals surface area (Å²) in [7, 11) is 0. The van der Waals surface area contributed by atoms with E-state index < -0.39 is 0 Å². The van der Waals surface area contributed by atoms with Crippen molar-refractivity contribution in [3.8, 4) is 0 Å². The number of hydrogen-bond acceptors (Lipinski definition) is 3. The number of carbonyl (C=O) groups excluding carboxylic acids is 1. The number of carbonyl (C=O) groups is 1. The highest BCUT2D eigenvalue weighted by Crippen LogP contribution is 2.22. The summed E-state index contributed by atoms with van der Waals surface area (Å²) in [5.74, 6) is 0.0225. The van der Waals surface area contributed by atoms with E-state index in [0.29, 0.717) is 0 Å². The molecular formula is C19H21BrClN3O. The van der Waals surface area contributed by atoms with Gasteiger partial charge < -0.3 is 10.2 Å². The van der Waals surface area contributed by atoms with E-state index in [4.69, 9.17) is 11.6 Å². The molecule has 25 heavy (non-hydrogen) atoms. The average Bonchev–Trinajstić information content (AvgIpc) is 2.61. The molecule has 0 spiro atoms. The van der Waals surface area contributed by atoms with E-state index in [1.807, 2.05) is 49.4 Å². The molecule has 1 saturated heterocycles. The van der Waals surface area contributed by atoms with Crippen LogP contribution in [0.25, 0.3) is 0 Å². The number of rotatable bonds is 4. The van der Waals surface area contributed by atoms with E-state index in [-0.39, 0.29) is 11.9 Å². The van der Waals surface area contributed by atoms with Gasteiger partial charge in [-0.2, -0.15) is 0 Å². The zero-order chi connectivity index (χ0) is 17.8. The van der Waals surface area contributed by atoms with E-state index in [1.165, 1.54) is 0 Å². The van der Waals surface area contributed by atoms with Gasteiger partial charge in [-0.05, 0) is 43.3 Å². The highest BCUT2D eigenvalue weighted by atomic mass is 79.9. The van der Waals surface area contributed by atoms with Gasteiger partial charge in [-0.3, -0.25) is 9.69 Å². The Morgan fingerprint density at radius 3 is 2.52 bits per heavy atom. The largest absolute Gasteiger partial charge is 0.369 e. The second-order valence-electron chi connectivity index (χ2n) is 6.18. The summed E-state index contributed by atoms with van der Waals surface area (Å²) < 4.78 is 0.952. The fourth-order valence-corrected chi connectivity index (χ4v) is 3.60. The normalized spacial score (nSPS) is 16.5. The summed E-state index contributed by atoms with van der Waals surface area (Å²) in [5, 5.41) is 3.74. The molecule has 1 fully saturated rings. The average molecular weight is 423 g/mol. The molecule has 0 bridgehead atoms. The molecular weight excluding hydrogens is 402 g/mol. The van der Waals surface area contributed by atoms with Crippen LogP contribution < -0.4 is 10.2 Å². The molecule has 2 aromatic rings. The van der Waals surface area contributed by atoms with Gasteiger partial charge in [0.25, 0.3) is 0 Å². The summed E-state index contributed by atoms with van der Waals surface area (Å²) in [5.41, 5.74) is 1.95. The van der Waals surface area contributed by atoms with Gasteiger partial charge in [0.1, 0.15) is 0 Å². The molecule has 132 valence electrons. The van der Waals surface area contributed by atoms with E-state index >= 15 is 0 Å². The summed E-state index contributed by atoms with van der Waals surface area (Å²) in [6.45, 7) is 5.42. The molecule has 0 aromatic heterocycles. The maximum Gasteiger partial charge on any atom is 0.241 e. The van der Waals surface area contributed by atoms with Gasteiger partial charge in [0.15, 0.2) is 0 Å². The monoisotopic (exact) mass is 421 g/mol. The number of amides is 1. The minimum absolute atomic E-state index is 0.0225. The molecule has 0 aliphatic carbocycles. The Morgan fingerprint density at radius 1 is 1.12 bits per heavy atom. The predicted molar refractivity (Wildman–Crippen MR) is 107 cm³/mol. The van der Waals surface area contributed by atoms with E-state index in [2.05, 4.69) is 37.1 Å². The number of piperazine rings is 1. The Balaban J connectivity index is 1.56. The Labute approximate surface area is 161 Å². The first kappa shape index (κ1) is 18.2. The molecule has 0 saturated carbocycles. The quantitative estimate of drug-likeness (QED) is 0.800. The summed E-state index contributed by atoms with van der Waals surface area (Å²) in [4.78, 5) is 17.0. The molecule has 3 rings (SSSR count). The molecule has 1 unspecified atom stereocenters. The van der Waals surface area contributed by atoms with Crippen LogP contribution in [0.1, 0.15) is 6.92 Å². The number of nitrogens with zero attached hydrogens (tertiary/aromatic N) is 2. The second-order valence-corrected chi connectivity index (χ2v) is 7.53. The third-order valence-corrected chi connectivity index (χ3v) is 5.24. The van der Waals surface area contributed by atoms with E-state index in [9.17, 15) is 4.79 Å². The fraction of sp³-hybridized carbons (Fsp3) is 0.316. The lowest BCUT2D eigenvalue weighted by Crippen LogP contribution is -2.52. The van der Waals surface area contributed by atoms with Crippen LogP contribution in [-0.2, 0) is 4.79 Å². The number of benzene rings is 2. The van der Waals surface area contributed by atoms with Crippen molar-refractivity contribution >= 4 is 44.8 Å². The minimum Gasteiger partial charge on any atom is -0.369 e. The number of nitrogens with one attached hydrogen (secondary N) is 1. The third-order valence-electron chi connectivity index (χ3n) is 4.51. The van der Waals surface area contributed by atoms with Crippen molar-refractivity contribution in [2.24, 2.45) is 0 Å². The maximum atomic E-state index is 12.5. The van der Waals surface area contributed by atoms with Crippen molar-refractivity contribution in [3.63, 3.8) is 0 Å². The van der Waals surface area contributed by atoms with Gasteiger partial charge in [-0.15, -0.1) is 0 Å². The zero-order valence-electron chi connectivity index (χ0n) is 14.1. The van der Waals surface area contributed by atoms with Crippen LogP contribution in [0.15, 0.2) is 53.0 Å². The number of hydrogen-bond donors (Lipinski definition) is 1. The van der Waals surface area contributed by atoms with Crippen LogP contribution in [0.2, 0.25) is 5.02 Å². The lowest BCUT2D eigenvalue weighted by Gasteiger charge is -2.38. The van der Waals surface area contributed by atoms with Crippen LogP contribution in [-0.4, -0.2) is 43.0 Å². The lowest BCUT2D eigenvalue weighted by molar-refractivity contribution is -0.120. The van der Waals surface area contributed by atoms with Crippen molar-refractivity contribution in [2.45, 2.75) is 13.0 Å². The number of anilines is 2. The molecule has 6 heteroatoms. The fourth-order valence-electron chi connectivity index (χ4n) is 3.02. The standard InChI is InChI=1S/C19H21BrClN3O/c1-14(19(25)22-17-6-2-4-15(20)12-17)23-8-10-24(11-9-23)18-7-3-5-16(21)13-18/h2-7,12-14H,8-11H2,1H3,(H,22,25). The first-order valence-electron chi connectivity index (χ1n) is 8.34. The van der Waals surface area contributed by atoms with Crippen molar-refractivity contribution in [2.75, 3.05) is 36.4 Å². The van der Waals surface area contributed by atoms with E-state index in [1.54, 1.807) is 0 Å². The smallest absolute Gasteiger partial charge is 0.241 e. The zero-order valence-corrected chi connectivity index (χ0v) is 16.4. The van der Waals surface area contributed by atoms with Gasteiger partial charge in [-0.1, -0.05) is 39.7 Å². The minimum atomic E-state index is -0.166. The maximum absolute atomic E-state index is 12.5. The summed E-state index contributed by atoms with van der Waals surface area (Å²) in [6.07, 6.45) is 0. The molecule has 1 heterocycles. The summed E-state index contributed by atoms with van der Waals surface area (Å²) >= 11 is 9.50. The van der Waals surface area contributed by atoms with Crippen molar-refractivity contribution < 1.29 is 4.79 Å². The molecule has 0 radical (unpaired) electrons. The number of halogens is 2. The molecule has 2 aromatic carbocycles. The highest BCUT2D eigenvalue weighted by Gasteiger charge is 2.25. The first-order chi connectivity index (χ1) is 12.0. The van der Waals surface area contributed by atoms with Gasteiger partial charge >= 0.3 is 0 Å². The third kappa shape index (κ3) is 4.75. The van der Waals surface area contributed by atoms with Crippen molar-refractivity contribution in [1.29, 1.82) is 0 Å². The molecule has 4 nitrogen and oxygen atoms in total. The van der Waals surface area contributed by atoms with Gasteiger partial charge in [0, 0.05) is 47.0 Å². The highest BCUT2D eigenvalue weighted by molar-refractivity contribution is 9.10.